The van der Waals surface area contributed by atoms with E-state index >= 15 is 0 Å². The van der Waals surface area contributed by atoms with E-state index < -0.39 is 0 Å². The van der Waals surface area contributed by atoms with Crippen molar-refractivity contribution in [2.75, 3.05) is 0 Å². The maximum absolute atomic E-state index is 12.1. The van der Waals surface area contributed by atoms with Crippen LogP contribution >= 0.6 is 0 Å². The number of amides is 1. The van der Waals surface area contributed by atoms with Gasteiger partial charge in [-0.05, 0) is 22.5 Å². The Morgan fingerprint density at radius 1 is 1.35 bits per heavy atom. The third-order valence-corrected chi connectivity index (χ3v) is 4.47. The van der Waals surface area contributed by atoms with Crippen molar-refractivity contribution >= 4 is 5.91 Å². The normalized spacial score (nSPS) is 20.9. The predicted molar refractivity (Wildman–Crippen MR) is 67.1 cm³/mol. The summed E-state index contributed by atoms with van der Waals surface area (Å²) in [6, 6.07) is 3.85. The zero-order valence-corrected chi connectivity index (χ0v) is 10.9. The van der Waals surface area contributed by atoms with Crippen molar-refractivity contribution < 1.29 is 4.79 Å². The number of hydrogen-bond acceptors (Lipinski definition) is 2. The molecule has 2 rings (SSSR count). The van der Waals surface area contributed by atoms with Crippen molar-refractivity contribution in [3.8, 4) is 0 Å². The van der Waals surface area contributed by atoms with Crippen LogP contribution < -0.4 is 5.32 Å². The lowest BCUT2D eigenvalue weighted by Crippen LogP contribution is -2.26. The molecule has 1 N–H and O–H groups in total. The summed E-state index contributed by atoms with van der Waals surface area (Å²) in [6.07, 6.45) is 3.52. The third kappa shape index (κ3) is 1.94. The molecule has 1 aliphatic rings. The number of carbonyl (C=O) groups is 1. The average molecular weight is 232 g/mol. The van der Waals surface area contributed by atoms with E-state index in [1.165, 1.54) is 0 Å². The molecule has 0 saturated heterocycles. The molecule has 1 amide bonds. The SMILES string of the molecule is CC1(C)C(C(=O)NCc2cccnc2)C1(C)C. The standard InChI is InChI=1S/C14H20N2O/c1-13(2)11(14(13,3)4)12(17)16-9-10-6-5-7-15-8-10/h5-8,11H,9H2,1-4H3,(H,16,17). The van der Waals surface area contributed by atoms with Crippen LogP contribution in [0.1, 0.15) is 33.3 Å². The Morgan fingerprint density at radius 3 is 2.47 bits per heavy atom. The fourth-order valence-electron chi connectivity index (χ4n) is 2.65. The van der Waals surface area contributed by atoms with Crippen molar-refractivity contribution in [1.82, 2.24) is 10.3 Å². The smallest absolute Gasteiger partial charge is 0.224 e. The summed E-state index contributed by atoms with van der Waals surface area (Å²) in [5, 5.41) is 2.99. The second-order valence-electron chi connectivity index (χ2n) is 5.96. The van der Waals surface area contributed by atoms with E-state index in [-0.39, 0.29) is 22.7 Å². The summed E-state index contributed by atoms with van der Waals surface area (Å²) in [7, 11) is 0. The molecule has 0 atom stereocenters. The van der Waals surface area contributed by atoms with Gasteiger partial charge in [0.1, 0.15) is 0 Å². The predicted octanol–water partition coefficient (Wildman–Crippen LogP) is 2.38. The summed E-state index contributed by atoms with van der Waals surface area (Å²) in [4.78, 5) is 16.1. The number of nitrogens with zero attached hydrogens (tertiary/aromatic N) is 1. The van der Waals surface area contributed by atoms with Gasteiger partial charge in [0.2, 0.25) is 5.91 Å². The number of hydrogen-bond donors (Lipinski definition) is 1. The van der Waals surface area contributed by atoms with Crippen LogP contribution in [0.25, 0.3) is 0 Å². The first-order chi connectivity index (χ1) is 7.87. The van der Waals surface area contributed by atoms with Crippen molar-refractivity contribution in [1.29, 1.82) is 0 Å². The van der Waals surface area contributed by atoms with Gasteiger partial charge in [0, 0.05) is 24.9 Å². The molecule has 3 nitrogen and oxygen atoms in total. The topological polar surface area (TPSA) is 42.0 Å². The van der Waals surface area contributed by atoms with E-state index in [9.17, 15) is 4.79 Å². The van der Waals surface area contributed by atoms with Crippen LogP contribution in [0.3, 0.4) is 0 Å². The van der Waals surface area contributed by atoms with Crippen molar-refractivity contribution in [3.63, 3.8) is 0 Å². The highest BCUT2D eigenvalue weighted by atomic mass is 16.2. The van der Waals surface area contributed by atoms with Gasteiger partial charge in [-0.15, -0.1) is 0 Å². The Bertz CT molecular complexity index is 409. The second kappa shape index (κ2) is 3.83. The number of nitrogens with one attached hydrogen (secondary N) is 1. The molecule has 17 heavy (non-hydrogen) atoms. The van der Waals surface area contributed by atoms with E-state index in [2.05, 4.69) is 38.0 Å². The van der Waals surface area contributed by atoms with Gasteiger partial charge in [-0.25, -0.2) is 0 Å². The van der Waals surface area contributed by atoms with Crippen LogP contribution in [0.5, 0.6) is 0 Å². The highest BCUT2D eigenvalue weighted by Crippen LogP contribution is 2.68. The van der Waals surface area contributed by atoms with Crippen LogP contribution in [0, 0.1) is 16.7 Å². The average Bonchev–Trinajstić information content (AvgIpc) is 2.68. The molecule has 0 bridgehead atoms. The van der Waals surface area contributed by atoms with Gasteiger partial charge in [0.25, 0.3) is 0 Å². The quantitative estimate of drug-likeness (QED) is 0.869. The summed E-state index contributed by atoms with van der Waals surface area (Å²) < 4.78 is 0. The summed E-state index contributed by atoms with van der Waals surface area (Å²) in [5.74, 6) is 0.274. The molecule has 1 aromatic rings. The second-order valence-corrected chi connectivity index (χ2v) is 5.96. The number of aromatic nitrogens is 1. The van der Waals surface area contributed by atoms with Gasteiger partial charge < -0.3 is 5.32 Å². The third-order valence-electron chi connectivity index (χ3n) is 4.47. The summed E-state index contributed by atoms with van der Waals surface area (Å²) in [6.45, 7) is 9.18. The van der Waals surface area contributed by atoms with Gasteiger partial charge >= 0.3 is 0 Å². The van der Waals surface area contributed by atoms with Crippen molar-refractivity contribution in [3.05, 3.63) is 30.1 Å². The fourth-order valence-corrected chi connectivity index (χ4v) is 2.65. The van der Waals surface area contributed by atoms with E-state index in [1.54, 1.807) is 12.4 Å². The Kier molecular flexibility index (Phi) is 2.72. The molecule has 0 aromatic carbocycles. The minimum Gasteiger partial charge on any atom is -0.352 e. The molecule has 3 heteroatoms. The Labute approximate surface area is 103 Å². The highest BCUT2D eigenvalue weighted by Gasteiger charge is 2.68. The van der Waals surface area contributed by atoms with E-state index in [1.807, 2.05) is 12.1 Å². The Morgan fingerprint density at radius 2 is 2.00 bits per heavy atom. The largest absolute Gasteiger partial charge is 0.352 e. The molecular weight excluding hydrogens is 212 g/mol. The van der Waals surface area contributed by atoms with Gasteiger partial charge in [-0.2, -0.15) is 0 Å². The van der Waals surface area contributed by atoms with Gasteiger partial charge in [0.05, 0.1) is 0 Å². The molecule has 1 heterocycles. The van der Waals surface area contributed by atoms with Crippen LogP contribution in [-0.2, 0) is 11.3 Å². The van der Waals surface area contributed by atoms with Crippen molar-refractivity contribution in [2.24, 2.45) is 16.7 Å². The molecule has 1 saturated carbocycles. The Balaban J connectivity index is 1.92. The molecule has 1 fully saturated rings. The number of rotatable bonds is 3. The molecule has 0 radical (unpaired) electrons. The first kappa shape index (κ1) is 12.1. The highest BCUT2D eigenvalue weighted by molar-refractivity contribution is 5.84. The monoisotopic (exact) mass is 232 g/mol. The fraction of sp³-hybridized carbons (Fsp3) is 0.571. The molecule has 0 spiro atoms. The van der Waals surface area contributed by atoms with Crippen LogP contribution in [-0.4, -0.2) is 10.9 Å². The lowest BCUT2D eigenvalue weighted by Gasteiger charge is -2.06. The zero-order valence-electron chi connectivity index (χ0n) is 10.9. The minimum absolute atomic E-state index is 0.103. The minimum atomic E-state index is 0.103. The van der Waals surface area contributed by atoms with Gasteiger partial charge in [-0.1, -0.05) is 33.8 Å². The van der Waals surface area contributed by atoms with Crippen molar-refractivity contribution in [2.45, 2.75) is 34.2 Å². The zero-order chi connectivity index (χ0) is 12.7. The lowest BCUT2D eigenvalue weighted by atomic mass is 10.0. The Hall–Kier alpha value is -1.38. The van der Waals surface area contributed by atoms with Gasteiger partial charge in [0.15, 0.2) is 0 Å². The summed E-state index contributed by atoms with van der Waals surface area (Å²) in [5.41, 5.74) is 1.25. The van der Waals surface area contributed by atoms with E-state index in [0.717, 1.165) is 5.56 Å². The molecule has 0 unspecified atom stereocenters. The van der Waals surface area contributed by atoms with Crippen LogP contribution in [0.4, 0.5) is 0 Å². The maximum Gasteiger partial charge on any atom is 0.224 e. The maximum atomic E-state index is 12.1. The van der Waals surface area contributed by atoms with Crippen LogP contribution in [0.15, 0.2) is 24.5 Å². The first-order valence-electron chi connectivity index (χ1n) is 6.04. The van der Waals surface area contributed by atoms with Crippen LogP contribution in [0.2, 0.25) is 0 Å². The molecule has 0 aliphatic heterocycles. The number of pyridine rings is 1. The van der Waals surface area contributed by atoms with E-state index in [4.69, 9.17) is 0 Å². The lowest BCUT2D eigenvalue weighted by molar-refractivity contribution is -0.123. The molecular formula is C14H20N2O. The number of carbonyl (C=O) groups excluding carboxylic acids is 1. The molecule has 92 valence electrons. The molecule has 1 aromatic heterocycles. The summed E-state index contributed by atoms with van der Waals surface area (Å²) >= 11 is 0. The van der Waals surface area contributed by atoms with E-state index in [0.29, 0.717) is 6.54 Å². The first-order valence-corrected chi connectivity index (χ1v) is 6.04. The molecule has 1 aliphatic carbocycles. The van der Waals surface area contributed by atoms with Gasteiger partial charge in [-0.3, -0.25) is 9.78 Å².